The van der Waals surface area contributed by atoms with Gasteiger partial charge >= 0.3 is 0 Å². The Morgan fingerprint density at radius 3 is 1.91 bits per heavy atom. The summed E-state index contributed by atoms with van der Waals surface area (Å²) < 4.78 is 29.2. The lowest BCUT2D eigenvalue weighted by Gasteiger charge is -2.28. The van der Waals surface area contributed by atoms with Gasteiger partial charge in [0.05, 0.1) is 59.4 Å². The van der Waals surface area contributed by atoms with Gasteiger partial charge in [-0.15, -0.1) is 0 Å². The van der Waals surface area contributed by atoms with Gasteiger partial charge in [-0.2, -0.15) is 0 Å². The van der Waals surface area contributed by atoms with Crippen LogP contribution < -0.4 is 29.6 Å². The second-order valence-electron chi connectivity index (χ2n) is 13.8. The molecule has 0 spiro atoms. The summed E-state index contributed by atoms with van der Waals surface area (Å²) in [7, 11) is 3.14. The minimum atomic E-state index is -0.395. The number of carbonyl (C=O) groups excluding carboxylic acids is 1. The number of benzene rings is 4. The Kier molecular flexibility index (Phi) is 14.4. The molecule has 0 radical (unpaired) electrons. The summed E-state index contributed by atoms with van der Waals surface area (Å²) in [5.41, 5.74) is 6.23. The first-order chi connectivity index (χ1) is 27.9. The maximum absolute atomic E-state index is 12.6. The minimum Gasteiger partial charge on any atom is -0.493 e. The number of amides is 1. The number of nitrogens with zero attached hydrogens (tertiary/aromatic N) is 1. The van der Waals surface area contributed by atoms with Gasteiger partial charge in [0.2, 0.25) is 5.75 Å². The van der Waals surface area contributed by atoms with E-state index in [1.807, 2.05) is 48.5 Å². The molecule has 1 amide bonds. The lowest BCUT2D eigenvalue weighted by atomic mass is 9.97. The Balaban J connectivity index is 0.916. The normalized spacial score (nSPS) is 13.4. The van der Waals surface area contributed by atoms with Crippen LogP contribution in [0.3, 0.4) is 0 Å². The van der Waals surface area contributed by atoms with Crippen molar-refractivity contribution in [3.05, 3.63) is 106 Å². The van der Waals surface area contributed by atoms with Crippen LogP contribution in [-0.2, 0) is 26.4 Å². The van der Waals surface area contributed by atoms with E-state index in [2.05, 4.69) is 15.8 Å². The standard InChI is InChI=1S/C44H51N3O10/c1-53-40-21-29(37-23-39(57-47-37)30-19-31(24-48)35(27-51)32(20-30)25-49)22-41(54-2)42(40)56-17-11-7-5-3-4-6-10-16-55-38-15-14-28(18-33(38)26-50)43-45-36-13-9-8-12-34(36)44(52)46-43/h8-9,12-15,18-23,43,45,48-51H,3-7,10-11,16-17,24-27H2,1-2H3,(H,46,52). The van der Waals surface area contributed by atoms with Crippen LogP contribution in [0.5, 0.6) is 23.0 Å². The maximum Gasteiger partial charge on any atom is 0.255 e. The second-order valence-corrected chi connectivity index (χ2v) is 13.8. The smallest absolute Gasteiger partial charge is 0.255 e. The number of aliphatic hydroxyl groups excluding tert-OH is 4. The van der Waals surface area contributed by atoms with Gasteiger partial charge in [-0.05, 0) is 83.6 Å². The van der Waals surface area contributed by atoms with Crippen LogP contribution in [0.1, 0.15) is 89.3 Å². The fourth-order valence-electron chi connectivity index (χ4n) is 7.00. The van der Waals surface area contributed by atoms with Gasteiger partial charge in [-0.3, -0.25) is 4.79 Å². The lowest BCUT2D eigenvalue weighted by Crippen LogP contribution is -2.38. The number of anilines is 1. The van der Waals surface area contributed by atoms with Crippen molar-refractivity contribution in [2.24, 2.45) is 0 Å². The number of para-hydroxylation sites is 1. The monoisotopic (exact) mass is 781 g/mol. The van der Waals surface area contributed by atoms with E-state index in [1.165, 1.54) is 0 Å². The number of nitrogens with one attached hydrogen (secondary N) is 2. The molecule has 1 aromatic heterocycles. The quantitative estimate of drug-likeness (QED) is 0.0418. The molecule has 0 aliphatic carbocycles. The van der Waals surface area contributed by atoms with E-state index in [0.29, 0.717) is 86.6 Å². The molecule has 1 unspecified atom stereocenters. The number of ether oxygens (including phenoxy) is 4. The summed E-state index contributed by atoms with van der Waals surface area (Å²) in [5, 5.41) is 49.9. The number of carbonyl (C=O) groups is 1. The molecule has 1 atom stereocenters. The molecule has 13 heteroatoms. The first-order valence-electron chi connectivity index (χ1n) is 19.3. The fraction of sp³-hybridized carbons (Fsp3) is 0.364. The zero-order valence-electron chi connectivity index (χ0n) is 32.4. The van der Waals surface area contributed by atoms with Crippen LogP contribution in [0.4, 0.5) is 5.69 Å². The molecule has 2 heterocycles. The predicted molar refractivity (Wildman–Crippen MR) is 214 cm³/mol. The molecule has 13 nitrogen and oxygen atoms in total. The zero-order valence-corrected chi connectivity index (χ0v) is 32.4. The van der Waals surface area contributed by atoms with Crippen molar-refractivity contribution < 1.29 is 48.7 Å². The zero-order chi connectivity index (χ0) is 40.1. The highest BCUT2D eigenvalue weighted by atomic mass is 16.5. The molecule has 0 bridgehead atoms. The van der Waals surface area contributed by atoms with E-state index in [9.17, 15) is 25.2 Å². The van der Waals surface area contributed by atoms with Crippen LogP contribution in [0.15, 0.2) is 77.3 Å². The van der Waals surface area contributed by atoms with E-state index in [4.69, 9.17) is 23.5 Å². The molecule has 0 fully saturated rings. The molecule has 1 aliphatic heterocycles. The van der Waals surface area contributed by atoms with Crippen molar-refractivity contribution in [3.63, 3.8) is 0 Å². The minimum absolute atomic E-state index is 0.138. The summed E-state index contributed by atoms with van der Waals surface area (Å²) in [4.78, 5) is 12.6. The molecule has 1 aliphatic rings. The van der Waals surface area contributed by atoms with Crippen LogP contribution in [0.25, 0.3) is 22.6 Å². The summed E-state index contributed by atoms with van der Waals surface area (Å²) in [6, 6.07) is 21.8. The molecule has 6 N–H and O–H groups in total. The van der Waals surface area contributed by atoms with E-state index in [0.717, 1.165) is 56.2 Å². The Labute approximate surface area is 332 Å². The van der Waals surface area contributed by atoms with E-state index in [-0.39, 0.29) is 32.3 Å². The largest absolute Gasteiger partial charge is 0.493 e. The highest BCUT2D eigenvalue weighted by Crippen LogP contribution is 2.42. The number of aromatic nitrogens is 1. The van der Waals surface area contributed by atoms with E-state index in [1.54, 1.807) is 38.5 Å². The molecule has 6 rings (SSSR count). The number of hydrogen-bond donors (Lipinski definition) is 6. The maximum atomic E-state index is 12.6. The third-order valence-corrected chi connectivity index (χ3v) is 10.1. The molecule has 57 heavy (non-hydrogen) atoms. The molecule has 302 valence electrons. The number of hydrogen-bond acceptors (Lipinski definition) is 12. The molecule has 5 aromatic rings. The Morgan fingerprint density at radius 1 is 0.649 bits per heavy atom. The predicted octanol–water partition coefficient (Wildman–Crippen LogP) is 7.04. The highest BCUT2D eigenvalue weighted by molar-refractivity contribution is 6.01. The SMILES string of the molecule is COc1cc(-c2cc(-c3cc(CO)c(CO)c(CO)c3)on2)cc(OC)c1OCCCCCCCCCOc1ccc(C2NC(=O)c3ccccc3N2)cc1CO. The van der Waals surface area contributed by atoms with Crippen molar-refractivity contribution >= 4 is 11.6 Å². The topological polar surface area (TPSA) is 185 Å². The van der Waals surface area contributed by atoms with Crippen molar-refractivity contribution in [3.8, 4) is 45.6 Å². The highest BCUT2D eigenvalue weighted by Gasteiger charge is 2.25. The van der Waals surface area contributed by atoms with Crippen LogP contribution in [0.2, 0.25) is 0 Å². The van der Waals surface area contributed by atoms with Gasteiger partial charge in [0.25, 0.3) is 5.91 Å². The van der Waals surface area contributed by atoms with Crippen LogP contribution in [0, 0.1) is 0 Å². The number of unbranched alkanes of at least 4 members (excludes halogenated alkanes) is 6. The Bertz CT molecular complexity index is 2070. The fourth-order valence-corrected chi connectivity index (χ4v) is 7.00. The van der Waals surface area contributed by atoms with Gasteiger partial charge < -0.3 is 54.5 Å². The van der Waals surface area contributed by atoms with Crippen molar-refractivity contribution in [2.45, 2.75) is 77.5 Å². The number of methoxy groups -OCH3 is 2. The van der Waals surface area contributed by atoms with Crippen LogP contribution >= 0.6 is 0 Å². The second kappa shape index (κ2) is 20.0. The molecule has 4 aromatic carbocycles. The first-order valence-corrected chi connectivity index (χ1v) is 19.3. The van der Waals surface area contributed by atoms with Gasteiger partial charge in [0.1, 0.15) is 17.6 Å². The van der Waals surface area contributed by atoms with Gasteiger partial charge in [-0.25, -0.2) is 0 Å². The van der Waals surface area contributed by atoms with Gasteiger partial charge in [0, 0.05) is 28.4 Å². The average molecular weight is 782 g/mol. The van der Waals surface area contributed by atoms with E-state index >= 15 is 0 Å². The summed E-state index contributed by atoms with van der Waals surface area (Å²) in [6.07, 6.45) is 6.73. The molecule has 0 saturated carbocycles. The van der Waals surface area contributed by atoms with Gasteiger partial charge in [-0.1, -0.05) is 55.5 Å². The summed E-state index contributed by atoms with van der Waals surface area (Å²) in [5.74, 6) is 2.45. The average Bonchev–Trinajstić information content (AvgIpc) is 3.75. The molecule has 0 saturated heterocycles. The third kappa shape index (κ3) is 9.86. The Hall–Kier alpha value is -5.60. The first kappa shape index (κ1) is 41.0. The van der Waals surface area contributed by atoms with E-state index < -0.39 is 6.17 Å². The van der Waals surface area contributed by atoms with Crippen LogP contribution in [-0.4, -0.2) is 58.9 Å². The molecular formula is C44H51N3O10. The van der Waals surface area contributed by atoms with Crippen molar-refractivity contribution in [1.29, 1.82) is 0 Å². The van der Waals surface area contributed by atoms with Crippen molar-refractivity contribution in [2.75, 3.05) is 32.8 Å². The third-order valence-electron chi connectivity index (χ3n) is 10.1. The van der Waals surface area contributed by atoms with Gasteiger partial charge in [0.15, 0.2) is 17.3 Å². The summed E-state index contributed by atoms with van der Waals surface area (Å²) in [6.45, 7) is 0.00535. The Morgan fingerprint density at radius 2 is 1.28 bits per heavy atom. The number of fused-ring (bicyclic) bond motifs is 1. The van der Waals surface area contributed by atoms with Crippen molar-refractivity contribution in [1.82, 2.24) is 10.5 Å². The number of aliphatic hydroxyl groups is 4. The summed E-state index contributed by atoms with van der Waals surface area (Å²) >= 11 is 0. The molecular weight excluding hydrogens is 730 g/mol. The lowest BCUT2D eigenvalue weighted by molar-refractivity contribution is 0.0935. The number of rotatable bonds is 21.